The van der Waals surface area contributed by atoms with E-state index in [0.29, 0.717) is 30.0 Å². The Labute approximate surface area is 210 Å². The largest absolute Gasteiger partial charge is 0.492 e. The second kappa shape index (κ2) is 9.65. The standard InChI is InChI=1S/C31H42FNO2/c1-31-20-27(21-5-9-24(10-6-21)35-18-17-33-15-3-2-4-16-33)30-25-12-8-23(34)19-22(25)7-11-26(30)28(31)13-14-29(31)32/h5-6,9-10,22,26-29H,2-4,7-8,11-20H2,1H3/t22?,26?,27?,28?,29-,31?/m1/s1. The summed E-state index contributed by atoms with van der Waals surface area (Å²) in [6.45, 7) is 6.37. The zero-order valence-electron chi connectivity index (χ0n) is 21.4. The molecule has 0 N–H and O–H groups in total. The first-order valence-corrected chi connectivity index (χ1v) is 14.4. The lowest BCUT2D eigenvalue weighted by Gasteiger charge is -2.52. The van der Waals surface area contributed by atoms with E-state index in [2.05, 4.69) is 36.1 Å². The van der Waals surface area contributed by atoms with Crippen molar-refractivity contribution < 1.29 is 13.9 Å². The monoisotopic (exact) mass is 479 g/mol. The number of allylic oxidation sites excluding steroid dienone is 2. The molecule has 6 atom stereocenters. The molecule has 0 aromatic heterocycles. The molecule has 190 valence electrons. The molecule has 0 spiro atoms. The third-order valence-electron chi connectivity index (χ3n) is 10.4. The Kier molecular flexibility index (Phi) is 6.53. The van der Waals surface area contributed by atoms with Gasteiger partial charge >= 0.3 is 0 Å². The number of ketones is 1. The van der Waals surface area contributed by atoms with E-state index in [0.717, 1.165) is 63.8 Å². The molecule has 1 saturated heterocycles. The van der Waals surface area contributed by atoms with E-state index < -0.39 is 6.17 Å². The maximum absolute atomic E-state index is 15.3. The van der Waals surface area contributed by atoms with E-state index >= 15 is 4.39 Å². The predicted molar refractivity (Wildman–Crippen MR) is 137 cm³/mol. The number of fused-ring (bicyclic) bond motifs is 4. The minimum absolute atomic E-state index is 0.222. The Balaban J connectivity index is 1.24. The van der Waals surface area contributed by atoms with Crippen molar-refractivity contribution >= 4 is 5.78 Å². The van der Waals surface area contributed by atoms with Crippen LogP contribution in [0.5, 0.6) is 5.75 Å². The highest BCUT2D eigenvalue weighted by Crippen LogP contribution is 2.64. The van der Waals surface area contributed by atoms with E-state index in [9.17, 15) is 4.79 Å². The lowest BCUT2D eigenvalue weighted by molar-refractivity contribution is -0.120. The molecule has 3 nitrogen and oxygen atoms in total. The summed E-state index contributed by atoms with van der Waals surface area (Å²) >= 11 is 0. The lowest BCUT2D eigenvalue weighted by Crippen LogP contribution is -2.44. The zero-order valence-corrected chi connectivity index (χ0v) is 21.4. The van der Waals surface area contributed by atoms with Crippen LogP contribution in [0.2, 0.25) is 0 Å². The van der Waals surface area contributed by atoms with Gasteiger partial charge in [-0.25, -0.2) is 4.39 Å². The van der Waals surface area contributed by atoms with Crippen LogP contribution in [0.3, 0.4) is 0 Å². The molecule has 35 heavy (non-hydrogen) atoms. The summed E-state index contributed by atoms with van der Waals surface area (Å²) < 4.78 is 21.5. The second-order valence-electron chi connectivity index (χ2n) is 12.3. The van der Waals surface area contributed by atoms with Gasteiger partial charge < -0.3 is 4.74 Å². The molecular formula is C31H42FNO2. The third kappa shape index (κ3) is 4.38. The van der Waals surface area contributed by atoms with E-state index in [1.807, 2.05) is 0 Å². The molecule has 4 fully saturated rings. The van der Waals surface area contributed by atoms with E-state index in [-0.39, 0.29) is 11.3 Å². The van der Waals surface area contributed by atoms with Gasteiger partial charge in [0.1, 0.15) is 24.3 Å². The Bertz CT molecular complexity index is 965. The highest BCUT2D eigenvalue weighted by atomic mass is 19.1. The summed E-state index contributed by atoms with van der Waals surface area (Å²) in [5.74, 6) is 3.06. The number of nitrogens with zero attached hydrogens (tertiary/aromatic N) is 1. The molecule has 5 unspecified atom stereocenters. The molecule has 4 aliphatic carbocycles. The van der Waals surface area contributed by atoms with Crippen LogP contribution >= 0.6 is 0 Å². The quantitative estimate of drug-likeness (QED) is 0.432. The number of hydrogen-bond acceptors (Lipinski definition) is 3. The second-order valence-corrected chi connectivity index (χ2v) is 12.3. The third-order valence-corrected chi connectivity index (χ3v) is 10.4. The van der Waals surface area contributed by atoms with Crippen LogP contribution in [0.4, 0.5) is 4.39 Å². The van der Waals surface area contributed by atoms with Crippen molar-refractivity contribution in [3.05, 3.63) is 41.0 Å². The average molecular weight is 480 g/mol. The number of Topliss-reactive ketones (excluding diaryl/α,β-unsaturated/α-hetero) is 1. The number of carbonyl (C=O) groups excluding carboxylic acids is 1. The van der Waals surface area contributed by atoms with Gasteiger partial charge in [-0.2, -0.15) is 0 Å². The smallest absolute Gasteiger partial charge is 0.133 e. The number of likely N-dealkylation sites (tertiary alicyclic amines) is 1. The van der Waals surface area contributed by atoms with Crippen LogP contribution in [0, 0.1) is 23.2 Å². The van der Waals surface area contributed by atoms with Crippen LogP contribution in [0.15, 0.2) is 35.4 Å². The number of rotatable bonds is 5. The fourth-order valence-electron chi connectivity index (χ4n) is 8.59. The molecule has 1 aliphatic heterocycles. The minimum Gasteiger partial charge on any atom is -0.492 e. The van der Waals surface area contributed by atoms with E-state index in [4.69, 9.17) is 4.74 Å². The van der Waals surface area contributed by atoms with Gasteiger partial charge in [-0.3, -0.25) is 9.69 Å². The molecule has 5 aliphatic rings. The van der Waals surface area contributed by atoms with Crippen LogP contribution in [0.1, 0.15) is 89.0 Å². The van der Waals surface area contributed by atoms with Gasteiger partial charge in [-0.15, -0.1) is 0 Å². The van der Waals surface area contributed by atoms with Gasteiger partial charge in [-0.1, -0.05) is 36.6 Å². The molecule has 0 amide bonds. The van der Waals surface area contributed by atoms with Crippen molar-refractivity contribution in [2.24, 2.45) is 23.2 Å². The summed E-state index contributed by atoms with van der Waals surface area (Å²) in [6, 6.07) is 8.75. The summed E-state index contributed by atoms with van der Waals surface area (Å²) in [4.78, 5) is 14.8. The minimum atomic E-state index is -0.690. The summed E-state index contributed by atoms with van der Waals surface area (Å²) in [5.41, 5.74) is 4.29. The summed E-state index contributed by atoms with van der Waals surface area (Å²) in [6.07, 6.45) is 10.6. The van der Waals surface area contributed by atoms with Gasteiger partial charge in [0.05, 0.1) is 0 Å². The van der Waals surface area contributed by atoms with Crippen LogP contribution in [-0.4, -0.2) is 43.1 Å². The van der Waals surface area contributed by atoms with E-state index in [1.165, 1.54) is 37.9 Å². The predicted octanol–water partition coefficient (Wildman–Crippen LogP) is 6.87. The first kappa shape index (κ1) is 23.7. The van der Waals surface area contributed by atoms with Crippen LogP contribution in [0.25, 0.3) is 0 Å². The fraction of sp³-hybridized carbons (Fsp3) is 0.710. The van der Waals surface area contributed by atoms with Gasteiger partial charge in [0, 0.05) is 30.7 Å². The van der Waals surface area contributed by atoms with Crippen molar-refractivity contribution in [2.45, 2.75) is 89.6 Å². The molecule has 3 saturated carbocycles. The first-order valence-electron chi connectivity index (χ1n) is 14.4. The number of halogens is 1. The van der Waals surface area contributed by atoms with Crippen molar-refractivity contribution in [2.75, 3.05) is 26.2 Å². The number of carbonyl (C=O) groups is 1. The zero-order chi connectivity index (χ0) is 24.0. The van der Waals surface area contributed by atoms with Crippen molar-refractivity contribution in [3.8, 4) is 5.75 Å². The SMILES string of the molecule is CC12CC(c3ccc(OCCN4CCCCC4)cc3)C3=C4CCC(=O)CC4CCC3C1CC[C@H]2F. The molecular weight excluding hydrogens is 437 g/mol. The number of ether oxygens (including phenoxy) is 1. The number of alkyl halides is 1. The number of benzene rings is 1. The Morgan fingerprint density at radius 1 is 1.03 bits per heavy atom. The van der Waals surface area contributed by atoms with Gasteiger partial charge in [0.2, 0.25) is 0 Å². The Morgan fingerprint density at radius 3 is 2.63 bits per heavy atom. The summed E-state index contributed by atoms with van der Waals surface area (Å²) in [5, 5.41) is 0. The van der Waals surface area contributed by atoms with Crippen molar-refractivity contribution in [1.29, 1.82) is 0 Å². The fourth-order valence-corrected chi connectivity index (χ4v) is 8.59. The molecule has 1 aromatic carbocycles. The normalized spacial score (nSPS) is 37.5. The molecule has 0 bridgehead atoms. The lowest BCUT2D eigenvalue weighted by atomic mass is 9.52. The van der Waals surface area contributed by atoms with Crippen molar-refractivity contribution in [1.82, 2.24) is 4.90 Å². The summed E-state index contributed by atoms with van der Waals surface area (Å²) in [7, 11) is 0. The molecule has 4 heteroatoms. The Hall–Kier alpha value is -1.68. The van der Waals surface area contributed by atoms with Crippen molar-refractivity contribution in [3.63, 3.8) is 0 Å². The van der Waals surface area contributed by atoms with Crippen LogP contribution < -0.4 is 4.74 Å². The Morgan fingerprint density at radius 2 is 1.83 bits per heavy atom. The first-order chi connectivity index (χ1) is 17.0. The topological polar surface area (TPSA) is 29.5 Å². The van der Waals surface area contributed by atoms with Gasteiger partial charge in [0.25, 0.3) is 0 Å². The molecule has 0 radical (unpaired) electrons. The number of piperidine rings is 1. The molecule has 1 aromatic rings. The molecule has 1 heterocycles. The molecule has 6 rings (SSSR count). The van der Waals surface area contributed by atoms with Gasteiger partial charge in [-0.05, 0) is 99.9 Å². The van der Waals surface area contributed by atoms with Crippen LogP contribution in [-0.2, 0) is 4.79 Å². The maximum atomic E-state index is 15.3. The highest BCUT2D eigenvalue weighted by molar-refractivity contribution is 5.80. The average Bonchev–Trinajstić information content (AvgIpc) is 3.18. The maximum Gasteiger partial charge on any atom is 0.133 e. The van der Waals surface area contributed by atoms with E-state index in [1.54, 1.807) is 11.1 Å². The van der Waals surface area contributed by atoms with Gasteiger partial charge in [0.15, 0.2) is 0 Å². The highest BCUT2D eigenvalue weighted by Gasteiger charge is 2.57. The number of hydrogen-bond donors (Lipinski definition) is 0.